The Morgan fingerprint density at radius 2 is 1.50 bits per heavy atom. The van der Waals surface area contributed by atoms with Crippen molar-refractivity contribution in [3.8, 4) is 0 Å². The largest absolute Gasteiger partial charge is 0.354 e. The van der Waals surface area contributed by atoms with Crippen LogP contribution in [0, 0.1) is 6.92 Å². The van der Waals surface area contributed by atoms with Crippen molar-refractivity contribution in [2.45, 2.75) is 13.3 Å². The summed E-state index contributed by atoms with van der Waals surface area (Å²) in [5.41, 5.74) is 2.75. The molecule has 0 aliphatic heterocycles. The van der Waals surface area contributed by atoms with Gasteiger partial charge in [-0.3, -0.25) is 9.59 Å². The molecule has 0 spiro atoms. The third-order valence-corrected chi connectivity index (χ3v) is 3.38. The molecule has 2 aromatic rings. The number of hydrogen-bond acceptors (Lipinski definition) is 2. The van der Waals surface area contributed by atoms with Gasteiger partial charge in [0.1, 0.15) is 0 Å². The Balaban J connectivity index is 1.69. The molecule has 2 amide bonds. The highest BCUT2D eigenvalue weighted by Crippen LogP contribution is 2.07. The van der Waals surface area contributed by atoms with Crippen molar-refractivity contribution in [2.75, 3.05) is 13.1 Å². The van der Waals surface area contributed by atoms with E-state index in [1.165, 1.54) is 0 Å². The molecule has 4 heteroatoms. The van der Waals surface area contributed by atoms with Gasteiger partial charge >= 0.3 is 0 Å². The van der Waals surface area contributed by atoms with Crippen molar-refractivity contribution in [3.63, 3.8) is 0 Å². The molecular weight excluding hydrogens is 276 g/mol. The Bertz CT molecular complexity index is 639. The highest BCUT2D eigenvalue weighted by molar-refractivity contribution is 5.94. The molecule has 0 atom stereocenters. The lowest BCUT2D eigenvalue weighted by Gasteiger charge is -2.08. The molecule has 114 valence electrons. The third kappa shape index (κ3) is 4.74. The van der Waals surface area contributed by atoms with E-state index in [4.69, 9.17) is 0 Å². The minimum absolute atomic E-state index is 0.0386. The maximum absolute atomic E-state index is 11.9. The molecule has 2 rings (SSSR count). The Morgan fingerprint density at radius 3 is 2.23 bits per heavy atom. The highest BCUT2D eigenvalue weighted by Gasteiger charge is 2.06. The van der Waals surface area contributed by atoms with Crippen molar-refractivity contribution in [3.05, 3.63) is 71.3 Å². The fourth-order valence-corrected chi connectivity index (χ4v) is 2.11. The average Bonchev–Trinajstić information content (AvgIpc) is 2.54. The van der Waals surface area contributed by atoms with Crippen LogP contribution >= 0.6 is 0 Å². The molecule has 0 fully saturated rings. The van der Waals surface area contributed by atoms with Gasteiger partial charge < -0.3 is 10.6 Å². The second-order valence-electron chi connectivity index (χ2n) is 5.08. The predicted molar refractivity (Wildman–Crippen MR) is 86.7 cm³/mol. The van der Waals surface area contributed by atoms with Crippen LogP contribution in [-0.2, 0) is 11.2 Å². The summed E-state index contributed by atoms with van der Waals surface area (Å²) in [7, 11) is 0. The van der Waals surface area contributed by atoms with Crippen LogP contribution in [0.25, 0.3) is 0 Å². The molecule has 0 unspecified atom stereocenters. The summed E-state index contributed by atoms with van der Waals surface area (Å²) in [5.74, 6) is -0.169. The summed E-state index contributed by atoms with van der Waals surface area (Å²) < 4.78 is 0. The minimum atomic E-state index is -0.131. The second-order valence-corrected chi connectivity index (χ2v) is 5.08. The normalized spacial score (nSPS) is 10.0. The number of rotatable bonds is 6. The first-order valence-electron chi connectivity index (χ1n) is 7.31. The van der Waals surface area contributed by atoms with E-state index >= 15 is 0 Å². The molecule has 0 aliphatic carbocycles. The van der Waals surface area contributed by atoms with Gasteiger partial charge in [0, 0.05) is 18.7 Å². The van der Waals surface area contributed by atoms with Gasteiger partial charge in [0.05, 0.1) is 6.42 Å². The Kier molecular flexibility index (Phi) is 5.72. The van der Waals surface area contributed by atoms with Gasteiger partial charge in [0.15, 0.2) is 0 Å². The average molecular weight is 296 g/mol. The SMILES string of the molecule is Cc1ccccc1CC(=O)NCCNC(=O)c1ccccc1. The fraction of sp³-hybridized carbons (Fsp3) is 0.222. The smallest absolute Gasteiger partial charge is 0.251 e. The molecule has 0 radical (unpaired) electrons. The van der Waals surface area contributed by atoms with E-state index < -0.39 is 0 Å². The Morgan fingerprint density at radius 1 is 0.864 bits per heavy atom. The van der Waals surface area contributed by atoms with E-state index in [0.29, 0.717) is 25.1 Å². The second kappa shape index (κ2) is 7.98. The molecular formula is C18H20N2O2. The molecule has 2 aromatic carbocycles. The lowest BCUT2D eigenvalue weighted by atomic mass is 10.1. The van der Waals surface area contributed by atoms with Gasteiger partial charge in [-0.2, -0.15) is 0 Å². The first-order chi connectivity index (χ1) is 10.7. The van der Waals surface area contributed by atoms with Gasteiger partial charge in [-0.1, -0.05) is 42.5 Å². The van der Waals surface area contributed by atoms with Crippen molar-refractivity contribution in [2.24, 2.45) is 0 Å². The van der Waals surface area contributed by atoms with Gasteiger partial charge in [0.2, 0.25) is 5.91 Å². The zero-order valence-corrected chi connectivity index (χ0v) is 12.6. The summed E-state index contributed by atoms with van der Waals surface area (Å²) in [5, 5.41) is 5.59. The zero-order valence-electron chi connectivity index (χ0n) is 12.6. The topological polar surface area (TPSA) is 58.2 Å². The summed E-state index contributed by atoms with van der Waals surface area (Å²) in [4.78, 5) is 23.7. The quantitative estimate of drug-likeness (QED) is 0.802. The zero-order chi connectivity index (χ0) is 15.8. The van der Waals surface area contributed by atoms with E-state index in [-0.39, 0.29) is 11.8 Å². The predicted octanol–water partition coefficient (Wildman–Crippen LogP) is 2.08. The Labute approximate surface area is 130 Å². The molecule has 4 nitrogen and oxygen atoms in total. The summed E-state index contributed by atoms with van der Waals surface area (Å²) in [6.45, 7) is 2.82. The number of carbonyl (C=O) groups is 2. The van der Waals surface area contributed by atoms with Crippen molar-refractivity contribution < 1.29 is 9.59 Å². The van der Waals surface area contributed by atoms with Crippen LogP contribution in [0.3, 0.4) is 0 Å². The van der Waals surface area contributed by atoms with Crippen molar-refractivity contribution in [1.29, 1.82) is 0 Å². The fourth-order valence-electron chi connectivity index (χ4n) is 2.11. The molecule has 0 aromatic heterocycles. The summed E-state index contributed by atoms with van der Waals surface area (Å²) in [6, 6.07) is 16.8. The third-order valence-electron chi connectivity index (χ3n) is 3.38. The van der Waals surface area contributed by atoms with Gasteiger partial charge in [0.25, 0.3) is 5.91 Å². The minimum Gasteiger partial charge on any atom is -0.354 e. The molecule has 2 N–H and O–H groups in total. The molecule has 0 saturated heterocycles. The van der Waals surface area contributed by atoms with Gasteiger partial charge in [-0.05, 0) is 30.2 Å². The van der Waals surface area contributed by atoms with E-state index in [1.807, 2.05) is 49.4 Å². The molecule has 0 bridgehead atoms. The number of aryl methyl sites for hydroxylation is 1. The van der Waals surface area contributed by atoms with E-state index in [0.717, 1.165) is 11.1 Å². The summed E-state index contributed by atoms with van der Waals surface area (Å²) in [6.07, 6.45) is 0.360. The lowest BCUT2D eigenvalue weighted by Crippen LogP contribution is -2.35. The van der Waals surface area contributed by atoms with E-state index in [9.17, 15) is 9.59 Å². The molecule has 22 heavy (non-hydrogen) atoms. The van der Waals surface area contributed by atoms with Crippen molar-refractivity contribution >= 4 is 11.8 Å². The Hall–Kier alpha value is -2.62. The number of carbonyl (C=O) groups excluding carboxylic acids is 2. The van der Waals surface area contributed by atoms with Gasteiger partial charge in [-0.25, -0.2) is 0 Å². The number of amides is 2. The van der Waals surface area contributed by atoms with Crippen LogP contribution in [-0.4, -0.2) is 24.9 Å². The van der Waals surface area contributed by atoms with Crippen LogP contribution in [0.2, 0.25) is 0 Å². The van der Waals surface area contributed by atoms with E-state index in [1.54, 1.807) is 12.1 Å². The maximum Gasteiger partial charge on any atom is 0.251 e. The van der Waals surface area contributed by atoms with Crippen LogP contribution in [0.5, 0.6) is 0 Å². The number of hydrogen-bond donors (Lipinski definition) is 2. The van der Waals surface area contributed by atoms with E-state index in [2.05, 4.69) is 10.6 Å². The molecule has 0 saturated carbocycles. The van der Waals surface area contributed by atoms with Crippen LogP contribution in [0.1, 0.15) is 21.5 Å². The highest BCUT2D eigenvalue weighted by atomic mass is 16.2. The number of nitrogens with one attached hydrogen (secondary N) is 2. The first-order valence-corrected chi connectivity index (χ1v) is 7.31. The van der Waals surface area contributed by atoms with Crippen LogP contribution in [0.15, 0.2) is 54.6 Å². The standard InChI is InChI=1S/C18H20N2O2/c1-14-7-5-6-10-16(14)13-17(21)19-11-12-20-18(22)15-8-3-2-4-9-15/h2-10H,11-13H2,1H3,(H,19,21)(H,20,22). The monoisotopic (exact) mass is 296 g/mol. The molecule has 0 heterocycles. The molecule has 0 aliphatic rings. The maximum atomic E-state index is 11.9. The lowest BCUT2D eigenvalue weighted by molar-refractivity contribution is -0.120. The number of benzene rings is 2. The van der Waals surface area contributed by atoms with Crippen molar-refractivity contribution in [1.82, 2.24) is 10.6 Å². The first kappa shape index (κ1) is 15.8. The van der Waals surface area contributed by atoms with Crippen LogP contribution in [0.4, 0.5) is 0 Å². The van der Waals surface area contributed by atoms with Crippen LogP contribution < -0.4 is 10.6 Å². The summed E-state index contributed by atoms with van der Waals surface area (Å²) >= 11 is 0. The van der Waals surface area contributed by atoms with Gasteiger partial charge in [-0.15, -0.1) is 0 Å².